The molecule has 2 heterocycles. The molecule has 15 heteroatoms. The van der Waals surface area contributed by atoms with Gasteiger partial charge in [0.05, 0.1) is 38.3 Å². The fraction of sp³-hybridized carbons (Fsp3) is 0.361. The Morgan fingerprint density at radius 2 is 1.22 bits per heavy atom. The number of imidazole rings is 1. The fourth-order valence-electron chi connectivity index (χ4n) is 5.65. The van der Waals surface area contributed by atoms with Gasteiger partial charge < -0.3 is 22.9 Å². The van der Waals surface area contributed by atoms with Crippen molar-refractivity contribution in [2.45, 2.75) is 66.4 Å². The van der Waals surface area contributed by atoms with E-state index in [-0.39, 0.29) is 24.1 Å². The van der Waals surface area contributed by atoms with Gasteiger partial charge in [-0.15, -0.1) is 0 Å². The number of benzene rings is 3. The van der Waals surface area contributed by atoms with Crippen LogP contribution in [0.3, 0.4) is 0 Å². The second-order valence-corrected chi connectivity index (χ2v) is 21.0. The molecule has 3 aromatic carbocycles. The van der Waals surface area contributed by atoms with Gasteiger partial charge >= 0.3 is 7.60 Å². The Labute approximate surface area is 305 Å². The standard InChI is InChI=1S/C36H45ClN5O6P3/c1-27(2)46-49(43,26-50(44,47-28(3)4)48-29(5)6)25-45-23-22-42-24-38-33-34(37)39-36(40-35(33)42)41-51(30-16-10-7-11-17-30,31-18-12-8-13-19-31)32-20-14-9-15-21-32/h7-21,24,27-29H,22-23,25-26H2,1-6H3. The molecule has 5 rings (SSSR count). The molecular formula is C36H45ClN5O6P3. The van der Waals surface area contributed by atoms with Crippen LogP contribution in [0.25, 0.3) is 11.2 Å². The van der Waals surface area contributed by atoms with Gasteiger partial charge in [0.2, 0.25) is 7.37 Å². The quantitative estimate of drug-likeness (QED) is 0.0517. The van der Waals surface area contributed by atoms with Gasteiger partial charge in [-0.3, -0.25) is 9.13 Å². The van der Waals surface area contributed by atoms with E-state index in [1.807, 2.05) is 54.6 Å². The van der Waals surface area contributed by atoms with Crippen LogP contribution in [0, 0.1) is 0 Å². The maximum Gasteiger partial charge on any atom is 0.340 e. The maximum atomic E-state index is 14.0. The van der Waals surface area contributed by atoms with E-state index in [0.29, 0.717) is 17.7 Å². The first-order valence-electron chi connectivity index (χ1n) is 16.8. The Kier molecular flexibility index (Phi) is 13.3. The van der Waals surface area contributed by atoms with Gasteiger partial charge in [0.15, 0.2) is 10.8 Å². The molecule has 1 unspecified atom stereocenters. The van der Waals surface area contributed by atoms with Crippen molar-refractivity contribution in [2.75, 3.05) is 18.9 Å². The third-order valence-electron chi connectivity index (χ3n) is 7.34. The molecule has 0 aliphatic rings. The minimum absolute atomic E-state index is 0.125. The van der Waals surface area contributed by atoms with E-state index in [0.717, 1.165) is 15.9 Å². The molecule has 11 nitrogen and oxygen atoms in total. The summed E-state index contributed by atoms with van der Waals surface area (Å²) in [7, 11) is -10.0. The zero-order chi connectivity index (χ0) is 36.6. The number of aromatic nitrogens is 4. The zero-order valence-electron chi connectivity index (χ0n) is 29.7. The van der Waals surface area contributed by atoms with Crippen molar-refractivity contribution in [2.24, 2.45) is 4.74 Å². The molecule has 5 aromatic rings. The van der Waals surface area contributed by atoms with Gasteiger partial charge in [0.25, 0.3) is 5.95 Å². The second-order valence-electron chi connectivity index (χ2n) is 12.7. The van der Waals surface area contributed by atoms with E-state index in [2.05, 4.69) is 46.4 Å². The van der Waals surface area contributed by atoms with Gasteiger partial charge in [0.1, 0.15) is 17.8 Å². The van der Waals surface area contributed by atoms with Crippen molar-refractivity contribution in [3.63, 3.8) is 0 Å². The van der Waals surface area contributed by atoms with Crippen LogP contribution in [-0.4, -0.2) is 56.7 Å². The molecule has 0 spiro atoms. The van der Waals surface area contributed by atoms with Crippen LogP contribution in [0.15, 0.2) is 102 Å². The Morgan fingerprint density at radius 1 is 0.725 bits per heavy atom. The van der Waals surface area contributed by atoms with E-state index >= 15 is 0 Å². The highest BCUT2D eigenvalue weighted by Gasteiger charge is 2.40. The topological polar surface area (TPSA) is 127 Å². The molecule has 0 fully saturated rings. The maximum absolute atomic E-state index is 14.0. The first-order chi connectivity index (χ1) is 24.3. The normalized spacial score (nSPS) is 13.7. The highest BCUT2D eigenvalue weighted by atomic mass is 35.5. The van der Waals surface area contributed by atoms with E-state index in [9.17, 15) is 9.13 Å². The smallest absolute Gasteiger partial charge is 0.340 e. The number of fused-ring (bicyclic) bond motifs is 1. The van der Waals surface area contributed by atoms with Gasteiger partial charge in [-0.05, 0) is 41.5 Å². The molecule has 0 amide bonds. The summed E-state index contributed by atoms with van der Waals surface area (Å²) >= 11 is 6.74. The first-order valence-corrected chi connectivity index (χ1v) is 22.6. The van der Waals surface area contributed by atoms with Gasteiger partial charge in [0, 0.05) is 22.5 Å². The van der Waals surface area contributed by atoms with E-state index in [1.54, 1.807) is 52.4 Å². The number of rotatable bonds is 17. The number of halogens is 1. The van der Waals surface area contributed by atoms with E-state index in [4.69, 9.17) is 39.6 Å². The zero-order valence-corrected chi connectivity index (χ0v) is 33.1. The van der Waals surface area contributed by atoms with E-state index < -0.39 is 46.2 Å². The summed E-state index contributed by atoms with van der Waals surface area (Å²) < 4.78 is 57.9. The highest BCUT2D eigenvalue weighted by Crippen LogP contribution is 2.64. The summed E-state index contributed by atoms with van der Waals surface area (Å²) in [5, 5.41) is 3.30. The number of nitrogens with zero attached hydrogens (tertiary/aromatic N) is 5. The summed E-state index contributed by atoms with van der Waals surface area (Å²) in [5.41, 5.74) is 0.900. The van der Waals surface area contributed by atoms with Gasteiger partial charge in [-0.1, -0.05) is 103 Å². The summed E-state index contributed by atoms with van der Waals surface area (Å²) in [5.74, 6) is -0.174. The third kappa shape index (κ3) is 9.92. The van der Waals surface area contributed by atoms with Crippen molar-refractivity contribution in [1.82, 2.24) is 19.5 Å². The van der Waals surface area contributed by atoms with Crippen LogP contribution < -0.4 is 15.9 Å². The monoisotopic (exact) mass is 771 g/mol. The van der Waals surface area contributed by atoms with Crippen molar-refractivity contribution in [3.8, 4) is 0 Å². The molecule has 0 bridgehead atoms. The third-order valence-corrected chi connectivity index (χ3v) is 17.2. The van der Waals surface area contributed by atoms with Crippen LogP contribution in [0.4, 0.5) is 5.95 Å². The molecule has 1 atom stereocenters. The lowest BCUT2D eigenvalue weighted by molar-refractivity contribution is 0.137. The van der Waals surface area contributed by atoms with Crippen molar-refractivity contribution >= 4 is 66.6 Å². The summed E-state index contributed by atoms with van der Waals surface area (Å²) in [6, 6.07) is 30.5. The second kappa shape index (κ2) is 17.2. The van der Waals surface area contributed by atoms with Crippen LogP contribution in [0.1, 0.15) is 41.5 Å². The molecule has 51 heavy (non-hydrogen) atoms. The molecule has 0 radical (unpaired) electrons. The molecule has 2 aromatic heterocycles. The summed E-state index contributed by atoms with van der Waals surface area (Å²) in [6.07, 6.45) is 0.130. The highest BCUT2D eigenvalue weighted by molar-refractivity contribution is 7.87. The number of hydrogen-bond acceptors (Lipinski definition) is 10. The average Bonchev–Trinajstić information content (AvgIpc) is 3.48. The summed E-state index contributed by atoms with van der Waals surface area (Å²) in [4.78, 5) is 14.0. The first kappa shape index (κ1) is 39.2. The van der Waals surface area contributed by atoms with Crippen molar-refractivity contribution in [3.05, 3.63) is 102 Å². The lowest BCUT2D eigenvalue weighted by Gasteiger charge is -2.27. The van der Waals surface area contributed by atoms with Crippen LogP contribution in [-0.2, 0) is 34.0 Å². The molecule has 0 saturated heterocycles. The molecule has 0 N–H and O–H groups in total. The molecule has 272 valence electrons. The lowest BCUT2D eigenvalue weighted by atomic mass is 10.4. The lowest BCUT2D eigenvalue weighted by Crippen LogP contribution is -2.25. The minimum atomic E-state index is -3.76. The number of ether oxygens (including phenoxy) is 1. The molecular weight excluding hydrogens is 727 g/mol. The number of hydrogen-bond donors (Lipinski definition) is 0. The molecule has 0 aliphatic heterocycles. The van der Waals surface area contributed by atoms with Crippen molar-refractivity contribution < 1.29 is 27.4 Å². The summed E-state index contributed by atoms with van der Waals surface area (Å²) in [6.45, 7) is 10.9. The van der Waals surface area contributed by atoms with Crippen LogP contribution >= 0.6 is 33.6 Å². The van der Waals surface area contributed by atoms with Crippen molar-refractivity contribution in [1.29, 1.82) is 0 Å². The Bertz CT molecular complexity index is 1930. The SMILES string of the molecule is CC(C)OP(=O)(COCCn1cnc2c(Cl)nc(N=P(c3ccccc3)(c3ccccc3)c3ccccc3)nc21)CP(=O)(OC(C)C)OC(C)C. The minimum Gasteiger partial charge on any atom is -0.369 e. The fourth-order valence-corrected chi connectivity index (χ4v) is 15.1. The Hall–Kier alpha value is -2.97. The predicted octanol–water partition coefficient (Wildman–Crippen LogP) is 8.97. The molecule has 0 saturated carbocycles. The van der Waals surface area contributed by atoms with E-state index in [1.165, 1.54) is 0 Å². The van der Waals surface area contributed by atoms with Crippen LogP contribution in [0.5, 0.6) is 0 Å². The Balaban J connectivity index is 1.47. The molecule has 0 aliphatic carbocycles. The predicted molar refractivity (Wildman–Crippen MR) is 207 cm³/mol. The van der Waals surface area contributed by atoms with Crippen LogP contribution in [0.2, 0.25) is 5.15 Å². The largest absolute Gasteiger partial charge is 0.369 e. The Morgan fingerprint density at radius 3 is 1.69 bits per heavy atom. The average molecular weight is 772 g/mol. The van der Waals surface area contributed by atoms with Gasteiger partial charge in [-0.25, -0.2) is 9.73 Å². The van der Waals surface area contributed by atoms with Gasteiger partial charge in [-0.2, -0.15) is 9.97 Å².